The predicted octanol–water partition coefficient (Wildman–Crippen LogP) is 1.77. The minimum absolute atomic E-state index is 0.201. The Labute approximate surface area is 111 Å². The molecule has 19 heavy (non-hydrogen) atoms. The second-order valence-corrected chi connectivity index (χ2v) is 4.59. The van der Waals surface area contributed by atoms with E-state index in [2.05, 4.69) is 9.97 Å². The highest BCUT2D eigenvalue weighted by atomic mass is 16.5. The van der Waals surface area contributed by atoms with Crippen LogP contribution < -0.4 is 4.90 Å². The van der Waals surface area contributed by atoms with Crippen LogP contribution in [0.2, 0.25) is 0 Å². The molecular weight excluding hydrogens is 242 g/mol. The molecule has 1 fully saturated rings. The number of aromatic nitrogens is 2. The molecule has 2 heterocycles. The third kappa shape index (κ3) is 2.12. The average Bonchev–Trinajstić information content (AvgIpc) is 2.95. The van der Waals surface area contributed by atoms with Gasteiger partial charge in [-0.15, -0.1) is 0 Å². The molecule has 0 aliphatic carbocycles. The predicted molar refractivity (Wildman–Crippen MR) is 71.9 cm³/mol. The Kier molecular flexibility index (Phi) is 3.03. The Hall–Kier alpha value is -2.17. The zero-order valence-electron chi connectivity index (χ0n) is 10.7. The maximum Gasteiger partial charge on any atom is 0.328 e. The Morgan fingerprint density at radius 3 is 2.95 bits per heavy atom. The quantitative estimate of drug-likeness (QED) is 0.767. The van der Waals surface area contributed by atoms with Crippen molar-refractivity contribution >= 4 is 22.8 Å². The first-order valence-electron chi connectivity index (χ1n) is 6.36. The smallest absolute Gasteiger partial charge is 0.328 e. The number of hydrogen-bond acceptors (Lipinski definition) is 5. The lowest BCUT2D eigenvalue weighted by Crippen LogP contribution is -2.37. The van der Waals surface area contributed by atoms with Crippen LogP contribution in [-0.2, 0) is 9.53 Å². The van der Waals surface area contributed by atoms with Crippen LogP contribution in [0.3, 0.4) is 0 Å². The Morgan fingerprint density at radius 1 is 1.37 bits per heavy atom. The van der Waals surface area contributed by atoms with E-state index in [-0.39, 0.29) is 12.0 Å². The third-order valence-electron chi connectivity index (χ3n) is 3.46. The van der Waals surface area contributed by atoms with E-state index in [0.717, 1.165) is 36.2 Å². The standard InChI is InChI=1S/C14H15N3O2/c1-19-14(18)12-7-4-8-17(12)13-9-15-10-5-2-3-6-11(10)16-13/h2-3,5-6,9,12H,4,7-8H2,1H3. The first-order valence-corrected chi connectivity index (χ1v) is 6.36. The number of nitrogens with zero attached hydrogens (tertiary/aromatic N) is 3. The van der Waals surface area contributed by atoms with Gasteiger partial charge in [0.25, 0.3) is 0 Å². The average molecular weight is 257 g/mol. The van der Waals surface area contributed by atoms with Crippen molar-refractivity contribution in [1.29, 1.82) is 0 Å². The van der Waals surface area contributed by atoms with Gasteiger partial charge in [0.15, 0.2) is 0 Å². The fourth-order valence-electron chi connectivity index (χ4n) is 2.51. The molecule has 0 bridgehead atoms. The summed E-state index contributed by atoms with van der Waals surface area (Å²) in [5.41, 5.74) is 1.70. The van der Waals surface area contributed by atoms with Gasteiger partial charge in [-0.05, 0) is 25.0 Å². The summed E-state index contributed by atoms with van der Waals surface area (Å²) in [6.45, 7) is 0.812. The van der Waals surface area contributed by atoms with Gasteiger partial charge in [-0.3, -0.25) is 4.98 Å². The van der Waals surface area contributed by atoms with Crippen LogP contribution in [0.4, 0.5) is 5.82 Å². The topological polar surface area (TPSA) is 55.3 Å². The van der Waals surface area contributed by atoms with Crippen molar-refractivity contribution in [2.75, 3.05) is 18.6 Å². The summed E-state index contributed by atoms with van der Waals surface area (Å²) in [6.07, 6.45) is 3.50. The highest BCUT2D eigenvalue weighted by Crippen LogP contribution is 2.25. The van der Waals surface area contributed by atoms with Crippen LogP contribution in [0.1, 0.15) is 12.8 Å². The van der Waals surface area contributed by atoms with Gasteiger partial charge < -0.3 is 9.64 Å². The number of esters is 1. The van der Waals surface area contributed by atoms with Gasteiger partial charge in [0.2, 0.25) is 0 Å². The van der Waals surface area contributed by atoms with Gasteiger partial charge in [0, 0.05) is 6.54 Å². The molecule has 0 saturated carbocycles. The van der Waals surface area contributed by atoms with Crippen LogP contribution in [0.5, 0.6) is 0 Å². The van der Waals surface area contributed by atoms with E-state index >= 15 is 0 Å². The lowest BCUT2D eigenvalue weighted by molar-refractivity contribution is -0.141. The number of carbonyl (C=O) groups is 1. The molecule has 0 radical (unpaired) electrons. The second-order valence-electron chi connectivity index (χ2n) is 4.59. The van der Waals surface area contributed by atoms with Crippen molar-refractivity contribution in [3.8, 4) is 0 Å². The van der Waals surface area contributed by atoms with Gasteiger partial charge in [-0.25, -0.2) is 9.78 Å². The molecule has 2 aromatic rings. The van der Waals surface area contributed by atoms with Gasteiger partial charge in [0.05, 0.1) is 24.3 Å². The van der Waals surface area contributed by atoms with Crippen LogP contribution in [-0.4, -0.2) is 35.6 Å². The van der Waals surface area contributed by atoms with E-state index in [1.54, 1.807) is 6.20 Å². The van der Waals surface area contributed by atoms with Crippen LogP contribution in [0.15, 0.2) is 30.5 Å². The minimum atomic E-state index is -0.236. The van der Waals surface area contributed by atoms with E-state index in [0.29, 0.717) is 0 Å². The van der Waals surface area contributed by atoms with Crippen molar-refractivity contribution in [1.82, 2.24) is 9.97 Å². The van der Waals surface area contributed by atoms with Gasteiger partial charge in [-0.1, -0.05) is 12.1 Å². The molecule has 1 aromatic carbocycles. The summed E-state index contributed by atoms with van der Waals surface area (Å²) >= 11 is 0. The van der Waals surface area contributed by atoms with Crippen molar-refractivity contribution in [2.45, 2.75) is 18.9 Å². The zero-order chi connectivity index (χ0) is 13.2. The molecule has 1 atom stereocenters. The van der Waals surface area contributed by atoms with Gasteiger partial charge in [0.1, 0.15) is 11.9 Å². The molecule has 3 rings (SSSR count). The van der Waals surface area contributed by atoms with Crippen LogP contribution >= 0.6 is 0 Å². The van der Waals surface area contributed by atoms with Crippen molar-refractivity contribution in [3.63, 3.8) is 0 Å². The Morgan fingerprint density at radius 2 is 2.16 bits per heavy atom. The summed E-state index contributed by atoms with van der Waals surface area (Å²) in [5.74, 6) is 0.541. The van der Waals surface area contributed by atoms with Gasteiger partial charge >= 0.3 is 5.97 Å². The number of hydrogen-bond donors (Lipinski definition) is 0. The molecule has 0 spiro atoms. The van der Waals surface area contributed by atoms with Crippen molar-refractivity contribution < 1.29 is 9.53 Å². The Balaban J connectivity index is 1.96. The number of benzene rings is 1. The normalized spacial score (nSPS) is 18.8. The molecule has 0 amide bonds. The third-order valence-corrected chi connectivity index (χ3v) is 3.46. The monoisotopic (exact) mass is 257 g/mol. The molecule has 1 saturated heterocycles. The number of anilines is 1. The SMILES string of the molecule is COC(=O)C1CCCN1c1cnc2ccccc2n1. The summed E-state index contributed by atoms with van der Waals surface area (Å²) in [7, 11) is 1.42. The lowest BCUT2D eigenvalue weighted by atomic mass is 10.2. The summed E-state index contributed by atoms with van der Waals surface area (Å²) < 4.78 is 4.84. The van der Waals surface area contributed by atoms with Gasteiger partial charge in [-0.2, -0.15) is 0 Å². The number of rotatable bonds is 2. The molecule has 1 aromatic heterocycles. The minimum Gasteiger partial charge on any atom is -0.467 e. The fourth-order valence-corrected chi connectivity index (χ4v) is 2.51. The molecule has 98 valence electrons. The van der Waals surface area contributed by atoms with Crippen LogP contribution in [0.25, 0.3) is 11.0 Å². The van der Waals surface area contributed by atoms with E-state index in [1.807, 2.05) is 29.2 Å². The number of ether oxygens (including phenoxy) is 1. The first-order chi connectivity index (χ1) is 9.29. The first kappa shape index (κ1) is 11.9. The van der Waals surface area contributed by atoms with E-state index in [9.17, 15) is 4.79 Å². The molecule has 1 unspecified atom stereocenters. The molecular formula is C14H15N3O2. The molecule has 5 nitrogen and oxygen atoms in total. The largest absolute Gasteiger partial charge is 0.467 e. The van der Waals surface area contributed by atoms with E-state index < -0.39 is 0 Å². The fraction of sp³-hybridized carbons (Fsp3) is 0.357. The number of fused-ring (bicyclic) bond motifs is 1. The molecule has 5 heteroatoms. The second kappa shape index (κ2) is 4.84. The summed E-state index contributed by atoms with van der Waals surface area (Å²) in [5, 5.41) is 0. The van der Waals surface area contributed by atoms with Crippen molar-refractivity contribution in [2.24, 2.45) is 0 Å². The molecule has 0 N–H and O–H groups in total. The number of methoxy groups -OCH3 is 1. The highest BCUT2D eigenvalue weighted by molar-refractivity contribution is 5.81. The Bertz CT molecular complexity index is 614. The highest BCUT2D eigenvalue weighted by Gasteiger charge is 2.32. The van der Waals surface area contributed by atoms with E-state index in [4.69, 9.17) is 4.74 Å². The number of carbonyl (C=O) groups excluding carboxylic acids is 1. The zero-order valence-corrected chi connectivity index (χ0v) is 10.7. The maximum absolute atomic E-state index is 11.7. The lowest BCUT2D eigenvalue weighted by Gasteiger charge is -2.23. The van der Waals surface area contributed by atoms with Crippen LogP contribution in [0, 0.1) is 0 Å². The molecule has 1 aliphatic heterocycles. The maximum atomic E-state index is 11.7. The van der Waals surface area contributed by atoms with Crippen molar-refractivity contribution in [3.05, 3.63) is 30.5 Å². The number of para-hydroxylation sites is 2. The molecule has 1 aliphatic rings. The van der Waals surface area contributed by atoms with E-state index in [1.165, 1.54) is 7.11 Å². The summed E-state index contributed by atoms with van der Waals surface area (Å²) in [4.78, 5) is 22.7. The summed E-state index contributed by atoms with van der Waals surface area (Å²) in [6, 6.07) is 7.48.